The molecule has 2 heterocycles. The molecule has 0 saturated heterocycles. The number of fused-ring (bicyclic) bond motifs is 1. The van der Waals surface area contributed by atoms with Crippen molar-refractivity contribution in [3.05, 3.63) is 98.6 Å². The number of hydrogen-bond acceptors (Lipinski definition) is 6. The van der Waals surface area contributed by atoms with Crippen LogP contribution in [0.3, 0.4) is 0 Å². The van der Waals surface area contributed by atoms with Crippen LogP contribution in [0.1, 0.15) is 32.2 Å². The number of halogens is 1. The predicted molar refractivity (Wildman–Crippen MR) is 113 cm³/mol. The summed E-state index contributed by atoms with van der Waals surface area (Å²) >= 11 is 5.82. The second kappa shape index (κ2) is 8.45. The summed E-state index contributed by atoms with van der Waals surface area (Å²) in [7, 11) is 0. The van der Waals surface area contributed by atoms with Gasteiger partial charge < -0.3 is 14.6 Å². The number of ether oxygens (including phenoxy) is 1. The second-order valence-corrected chi connectivity index (χ2v) is 7.14. The minimum absolute atomic E-state index is 0.163. The van der Waals surface area contributed by atoms with E-state index in [0.29, 0.717) is 38.9 Å². The van der Waals surface area contributed by atoms with Gasteiger partial charge in [0.05, 0.1) is 11.3 Å². The van der Waals surface area contributed by atoms with E-state index in [9.17, 15) is 14.4 Å². The first kappa shape index (κ1) is 20.4. The Morgan fingerprint density at radius 1 is 1.06 bits per heavy atom. The van der Waals surface area contributed by atoms with E-state index in [1.54, 1.807) is 49.4 Å². The van der Waals surface area contributed by atoms with Gasteiger partial charge in [-0.15, -0.1) is 4.57 Å². The van der Waals surface area contributed by atoms with Gasteiger partial charge in [-0.3, -0.25) is 9.59 Å². The Kier molecular flexibility index (Phi) is 5.55. The van der Waals surface area contributed by atoms with E-state index in [1.165, 1.54) is 18.2 Å². The number of nitrogens with zero attached hydrogens (tertiary/aromatic N) is 2. The number of aryl methyl sites for hydroxylation is 1. The van der Waals surface area contributed by atoms with Gasteiger partial charge in [-0.25, -0.2) is 9.78 Å². The Bertz CT molecular complexity index is 1320. The number of esters is 1. The summed E-state index contributed by atoms with van der Waals surface area (Å²) in [5.74, 6) is -0.336. The summed E-state index contributed by atoms with van der Waals surface area (Å²) in [5.41, 5.74) is 1.53. The van der Waals surface area contributed by atoms with Crippen LogP contribution < -0.4 is 10.9 Å². The van der Waals surface area contributed by atoms with Crippen LogP contribution >= 0.6 is 11.6 Å². The van der Waals surface area contributed by atoms with E-state index >= 15 is 0 Å². The molecule has 0 unspecified atom stereocenters. The van der Waals surface area contributed by atoms with Crippen LogP contribution in [0.25, 0.3) is 5.65 Å². The maximum Gasteiger partial charge on any atom is 0.338 e. The molecule has 31 heavy (non-hydrogen) atoms. The van der Waals surface area contributed by atoms with Crippen LogP contribution in [0.5, 0.6) is 0 Å². The molecule has 8 nitrogen and oxygen atoms in total. The van der Waals surface area contributed by atoms with E-state index in [-0.39, 0.29) is 12.5 Å². The van der Waals surface area contributed by atoms with Gasteiger partial charge in [-0.2, -0.15) is 0 Å². The molecule has 0 bridgehead atoms. The fourth-order valence-corrected chi connectivity index (χ4v) is 2.99. The predicted octanol–water partition coefficient (Wildman–Crippen LogP) is 3.86. The van der Waals surface area contributed by atoms with Crippen molar-refractivity contribution in [2.75, 3.05) is 5.32 Å². The normalized spacial score (nSPS) is 10.8. The first-order valence-electron chi connectivity index (χ1n) is 9.23. The molecule has 0 radical (unpaired) electrons. The van der Waals surface area contributed by atoms with Crippen LogP contribution in [-0.2, 0) is 11.3 Å². The van der Waals surface area contributed by atoms with Gasteiger partial charge in [0.25, 0.3) is 11.5 Å². The van der Waals surface area contributed by atoms with Crippen molar-refractivity contribution in [3.63, 3.8) is 0 Å². The molecule has 0 atom stereocenters. The lowest BCUT2D eigenvalue weighted by Gasteiger charge is -2.07. The average Bonchev–Trinajstić information content (AvgIpc) is 3.14. The summed E-state index contributed by atoms with van der Waals surface area (Å²) in [4.78, 5) is 40.8. The molecule has 156 valence electrons. The summed E-state index contributed by atoms with van der Waals surface area (Å²) in [6, 6.07) is 15.6. The van der Waals surface area contributed by atoms with E-state index < -0.39 is 11.5 Å². The summed E-state index contributed by atoms with van der Waals surface area (Å²) < 4.78 is 11.5. The average molecular weight is 438 g/mol. The minimum atomic E-state index is -0.582. The molecule has 0 aliphatic carbocycles. The van der Waals surface area contributed by atoms with Gasteiger partial charge in [0.2, 0.25) is 0 Å². The fourth-order valence-electron chi connectivity index (χ4n) is 2.86. The third-order valence-electron chi connectivity index (χ3n) is 4.36. The molecule has 0 saturated carbocycles. The molecular formula is C22H16ClN3O5. The van der Waals surface area contributed by atoms with E-state index in [2.05, 4.69) is 10.3 Å². The summed E-state index contributed by atoms with van der Waals surface area (Å²) in [6.45, 7) is 1.54. The molecule has 4 aromatic rings. The molecule has 0 aliphatic heterocycles. The van der Waals surface area contributed by atoms with Gasteiger partial charge >= 0.3 is 5.97 Å². The first-order chi connectivity index (χ1) is 14.9. The first-order valence-corrected chi connectivity index (χ1v) is 9.60. The number of aromatic nitrogens is 2. The van der Waals surface area contributed by atoms with Crippen molar-refractivity contribution < 1.29 is 18.8 Å². The van der Waals surface area contributed by atoms with Gasteiger partial charge in [-0.1, -0.05) is 11.6 Å². The number of carbonyl (C=O) groups excluding carboxylic acids is 2. The maximum atomic E-state index is 12.3. The number of benzene rings is 2. The molecule has 0 aliphatic rings. The summed E-state index contributed by atoms with van der Waals surface area (Å²) in [6.07, 6.45) is 0. The SMILES string of the molecule is Cc1cc2nc(COC(=O)c3ccc(NC(=O)c4ccc(Cl)cc4)cc3)cc(=O)n2o1. The fraction of sp³-hybridized carbons (Fsp3) is 0.0909. The van der Waals surface area contributed by atoms with Crippen molar-refractivity contribution in [1.82, 2.24) is 9.56 Å². The number of nitrogens with one attached hydrogen (secondary N) is 1. The van der Waals surface area contributed by atoms with Crippen LogP contribution in [-0.4, -0.2) is 21.4 Å². The lowest BCUT2D eigenvalue weighted by molar-refractivity contribution is 0.0467. The van der Waals surface area contributed by atoms with Crippen LogP contribution in [0.15, 0.2) is 70.0 Å². The molecule has 2 aromatic carbocycles. The standard InChI is InChI=1S/C22H16ClN3O5/c1-13-10-19-24-18(11-20(27)26(19)31-13)12-30-22(29)15-4-8-17(9-5-15)25-21(28)14-2-6-16(23)7-3-14/h2-11H,12H2,1H3,(H,25,28). The van der Waals surface area contributed by atoms with Gasteiger partial charge in [0.1, 0.15) is 12.4 Å². The number of rotatable bonds is 5. The third-order valence-corrected chi connectivity index (χ3v) is 4.61. The van der Waals surface area contributed by atoms with Gasteiger partial charge in [0.15, 0.2) is 5.65 Å². The molecular weight excluding hydrogens is 422 g/mol. The number of amides is 1. The molecule has 1 N–H and O–H groups in total. The van der Waals surface area contributed by atoms with Crippen molar-refractivity contribution in [2.24, 2.45) is 0 Å². The Balaban J connectivity index is 1.38. The largest absolute Gasteiger partial charge is 0.456 e. The van der Waals surface area contributed by atoms with Crippen molar-refractivity contribution in [3.8, 4) is 0 Å². The monoisotopic (exact) mass is 437 g/mol. The highest BCUT2D eigenvalue weighted by atomic mass is 35.5. The molecule has 2 aromatic heterocycles. The second-order valence-electron chi connectivity index (χ2n) is 6.70. The quantitative estimate of drug-likeness (QED) is 0.475. The molecule has 0 fully saturated rings. The van der Waals surface area contributed by atoms with Crippen molar-refractivity contribution in [2.45, 2.75) is 13.5 Å². The third kappa shape index (κ3) is 4.65. The Morgan fingerprint density at radius 3 is 2.45 bits per heavy atom. The van der Waals surface area contributed by atoms with Crippen LogP contribution in [0, 0.1) is 6.92 Å². The highest BCUT2D eigenvalue weighted by Crippen LogP contribution is 2.15. The molecule has 9 heteroatoms. The number of carbonyl (C=O) groups is 2. The Labute approximate surface area is 181 Å². The van der Waals surface area contributed by atoms with Gasteiger partial charge in [-0.05, 0) is 55.5 Å². The van der Waals surface area contributed by atoms with Crippen LogP contribution in [0.2, 0.25) is 5.02 Å². The molecule has 4 rings (SSSR count). The smallest absolute Gasteiger partial charge is 0.338 e. The Hall–Kier alpha value is -3.91. The zero-order valence-electron chi connectivity index (χ0n) is 16.3. The zero-order chi connectivity index (χ0) is 22.0. The Morgan fingerprint density at radius 2 is 1.74 bits per heavy atom. The highest BCUT2D eigenvalue weighted by molar-refractivity contribution is 6.30. The lowest BCUT2D eigenvalue weighted by atomic mass is 10.2. The molecule has 1 amide bonds. The highest BCUT2D eigenvalue weighted by Gasteiger charge is 2.12. The number of hydrogen-bond donors (Lipinski definition) is 1. The minimum Gasteiger partial charge on any atom is -0.456 e. The van der Waals surface area contributed by atoms with E-state index in [0.717, 1.165) is 4.57 Å². The van der Waals surface area contributed by atoms with Crippen LogP contribution in [0.4, 0.5) is 5.69 Å². The lowest BCUT2D eigenvalue weighted by Crippen LogP contribution is -2.15. The van der Waals surface area contributed by atoms with Gasteiger partial charge in [0, 0.05) is 28.4 Å². The van der Waals surface area contributed by atoms with Crippen molar-refractivity contribution in [1.29, 1.82) is 0 Å². The van der Waals surface area contributed by atoms with E-state index in [1.807, 2.05) is 0 Å². The van der Waals surface area contributed by atoms with E-state index in [4.69, 9.17) is 20.9 Å². The maximum absolute atomic E-state index is 12.3. The molecule has 0 spiro atoms. The summed E-state index contributed by atoms with van der Waals surface area (Å²) in [5, 5.41) is 3.28. The van der Waals surface area contributed by atoms with Crippen molar-refractivity contribution >= 4 is 34.8 Å². The number of anilines is 1. The zero-order valence-corrected chi connectivity index (χ0v) is 17.1. The topological polar surface area (TPSA) is 103 Å².